The standard InChI is InChI=1S/C18H26N4O.C11H7BrO3/c1-14(7-5-9-19-13-22(2)3)21-17-12-16(23-4)11-15-8-6-10-20-18(15)17;12-8-2-1-6-5-10(13)9(11(14)15)4-7(6)3-8/h6,8,10-14,21H,5,7,9H2,1-4H3;1-5,13H,(H,14,15). The van der Waals surface area contributed by atoms with Crippen LogP contribution >= 0.6 is 15.9 Å². The predicted octanol–water partition coefficient (Wildman–Crippen LogP) is 6.42. The molecule has 0 saturated heterocycles. The molecule has 3 N–H and O–H groups in total. The van der Waals surface area contributed by atoms with E-state index in [1.54, 1.807) is 13.2 Å². The first-order chi connectivity index (χ1) is 18.2. The molecule has 38 heavy (non-hydrogen) atoms. The second-order valence-corrected chi connectivity index (χ2v) is 10.0. The fraction of sp³-hybridized carbons (Fsp3) is 0.276. The molecule has 4 aromatic rings. The summed E-state index contributed by atoms with van der Waals surface area (Å²) in [6, 6.07) is 16.7. The number of pyridine rings is 1. The van der Waals surface area contributed by atoms with E-state index in [-0.39, 0.29) is 11.3 Å². The molecule has 9 heteroatoms. The van der Waals surface area contributed by atoms with Gasteiger partial charge in [0.15, 0.2) is 0 Å². The summed E-state index contributed by atoms with van der Waals surface area (Å²) in [7, 11) is 5.65. The lowest BCUT2D eigenvalue weighted by Gasteiger charge is -2.17. The number of nitrogens with one attached hydrogen (secondary N) is 1. The maximum atomic E-state index is 10.8. The number of nitrogens with zero attached hydrogens (tertiary/aromatic N) is 3. The minimum atomic E-state index is -1.13. The van der Waals surface area contributed by atoms with E-state index in [0.29, 0.717) is 6.04 Å². The van der Waals surface area contributed by atoms with Crippen molar-refractivity contribution in [2.24, 2.45) is 4.99 Å². The lowest BCUT2D eigenvalue weighted by atomic mass is 10.1. The van der Waals surface area contributed by atoms with Crippen LogP contribution in [0.3, 0.4) is 0 Å². The lowest BCUT2D eigenvalue weighted by molar-refractivity contribution is 0.0694. The summed E-state index contributed by atoms with van der Waals surface area (Å²) < 4.78 is 6.26. The molecule has 4 rings (SSSR count). The number of aromatic nitrogens is 1. The molecule has 0 aliphatic carbocycles. The first-order valence-corrected chi connectivity index (χ1v) is 13.0. The molecular weight excluding hydrogens is 548 g/mol. The van der Waals surface area contributed by atoms with Crippen molar-refractivity contribution in [2.75, 3.05) is 33.1 Å². The van der Waals surface area contributed by atoms with Gasteiger partial charge in [0, 0.05) is 48.8 Å². The number of aliphatic imine (C=N–C) groups is 1. The molecule has 1 atom stereocenters. The normalized spacial score (nSPS) is 11.7. The van der Waals surface area contributed by atoms with Crippen LogP contribution in [0.25, 0.3) is 21.7 Å². The van der Waals surface area contributed by atoms with Gasteiger partial charge in [-0.1, -0.05) is 28.1 Å². The van der Waals surface area contributed by atoms with Crippen LogP contribution in [-0.2, 0) is 0 Å². The number of ether oxygens (including phenoxy) is 1. The monoisotopic (exact) mass is 580 g/mol. The van der Waals surface area contributed by atoms with Gasteiger partial charge in [0.05, 0.1) is 24.7 Å². The van der Waals surface area contributed by atoms with Gasteiger partial charge < -0.3 is 25.2 Å². The zero-order chi connectivity index (χ0) is 27.7. The van der Waals surface area contributed by atoms with Crippen molar-refractivity contribution in [2.45, 2.75) is 25.8 Å². The number of anilines is 1. The third kappa shape index (κ3) is 8.08. The number of benzene rings is 3. The van der Waals surface area contributed by atoms with Crippen molar-refractivity contribution in [1.82, 2.24) is 9.88 Å². The number of phenols is 1. The highest BCUT2D eigenvalue weighted by Crippen LogP contribution is 2.29. The minimum Gasteiger partial charge on any atom is -0.507 e. The van der Waals surface area contributed by atoms with E-state index in [2.05, 4.69) is 44.2 Å². The second-order valence-electron chi connectivity index (χ2n) is 9.09. The maximum absolute atomic E-state index is 10.8. The zero-order valence-electron chi connectivity index (χ0n) is 22.0. The molecule has 8 nitrogen and oxygen atoms in total. The van der Waals surface area contributed by atoms with Gasteiger partial charge in [-0.2, -0.15) is 0 Å². The van der Waals surface area contributed by atoms with E-state index in [1.165, 1.54) is 12.1 Å². The predicted molar refractivity (Wildman–Crippen MR) is 158 cm³/mol. The van der Waals surface area contributed by atoms with Crippen LogP contribution in [0.5, 0.6) is 11.5 Å². The number of rotatable bonds is 9. The highest BCUT2D eigenvalue weighted by Gasteiger charge is 2.11. The fourth-order valence-electron chi connectivity index (χ4n) is 3.87. The lowest BCUT2D eigenvalue weighted by Crippen LogP contribution is -2.16. The van der Waals surface area contributed by atoms with Crippen molar-refractivity contribution in [3.8, 4) is 11.5 Å². The Hall–Kier alpha value is -3.85. The van der Waals surface area contributed by atoms with Crippen molar-refractivity contribution in [1.29, 1.82) is 0 Å². The molecular formula is C29H33BrN4O4. The Balaban J connectivity index is 0.000000230. The Morgan fingerprint density at radius 3 is 2.66 bits per heavy atom. The highest BCUT2D eigenvalue weighted by atomic mass is 79.9. The van der Waals surface area contributed by atoms with Crippen molar-refractivity contribution >= 4 is 55.6 Å². The summed E-state index contributed by atoms with van der Waals surface area (Å²) in [4.78, 5) is 21.6. The Morgan fingerprint density at radius 2 is 1.95 bits per heavy atom. The topological polar surface area (TPSA) is 107 Å². The van der Waals surface area contributed by atoms with Crippen LogP contribution in [0.4, 0.5) is 5.69 Å². The molecule has 1 unspecified atom stereocenters. The van der Waals surface area contributed by atoms with Gasteiger partial charge in [0.25, 0.3) is 0 Å². The average molecular weight is 582 g/mol. The number of carbonyl (C=O) groups is 1. The SMILES string of the molecule is COc1cc(NC(C)CCCN=CN(C)C)c2ncccc2c1.O=C(O)c1cc2cc(Br)ccc2cc1O. The summed E-state index contributed by atoms with van der Waals surface area (Å²) in [5.74, 6) is -0.498. The number of carboxylic acids is 1. The van der Waals surface area contributed by atoms with E-state index in [9.17, 15) is 9.90 Å². The Morgan fingerprint density at radius 1 is 1.16 bits per heavy atom. The molecule has 1 aromatic heterocycles. The number of carboxylic acid groups (broad SMARTS) is 1. The van der Waals surface area contributed by atoms with Crippen molar-refractivity contribution < 1.29 is 19.7 Å². The molecule has 3 aromatic carbocycles. The molecule has 0 aliphatic rings. The average Bonchev–Trinajstić information content (AvgIpc) is 2.88. The van der Waals surface area contributed by atoms with Crippen molar-refractivity contribution in [3.63, 3.8) is 0 Å². The number of hydrogen-bond acceptors (Lipinski definition) is 6. The molecule has 0 amide bonds. The third-order valence-corrected chi connectivity index (χ3v) is 6.19. The summed E-state index contributed by atoms with van der Waals surface area (Å²) in [6.45, 7) is 3.03. The fourth-order valence-corrected chi connectivity index (χ4v) is 4.25. The first kappa shape index (κ1) is 28.7. The highest BCUT2D eigenvalue weighted by molar-refractivity contribution is 9.10. The summed E-state index contributed by atoms with van der Waals surface area (Å²) in [5.41, 5.74) is 1.91. The summed E-state index contributed by atoms with van der Waals surface area (Å²) in [6.07, 6.45) is 5.78. The maximum Gasteiger partial charge on any atom is 0.339 e. The van der Waals surface area contributed by atoms with Gasteiger partial charge in [-0.15, -0.1) is 0 Å². The number of aromatic hydroxyl groups is 1. The zero-order valence-corrected chi connectivity index (χ0v) is 23.6. The Bertz CT molecular complexity index is 1420. The largest absolute Gasteiger partial charge is 0.507 e. The van der Waals surface area contributed by atoms with E-state index < -0.39 is 5.97 Å². The van der Waals surface area contributed by atoms with Crippen LogP contribution in [0, 0.1) is 0 Å². The quantitative estimate of drug-likeness (QED) is 0.119. The molecule has 200 valence electrons. The summed E-state index contributed by atoms with van der Waals surface area (Å²) in [5, 5.41) is 24.5. The molecule has 0 spiro atoms. The Kier molecular flexibility index (Phi) is 10.3. The van der Waals surface area contributed by atoms with E-state index >= 15 is 0 Å². The number of methoxy groups -OCH3 is 1. The molecule has 0 fully saturated rings. The van der Waals surface area contributed by atoms with Crippen molar-refractivity contribution in [3.05, 3.63) is 70.8 Å². The van der Waals surface area contributed by atoms with Gasteiger partial charge in [-0.05, 0) is 66.9 Å². The smallest absolute Gasteiger partial charge is 0.339 e. The molecule has 0 radical (unpaired) electrons. The van der Waals surface area contributed by atoms with Crippen LogP contribution in [0.2, 0.25) is 0 Å². The third-order valence-electron chi connectivity index (χ3n) is 5.70. The van der Waals surface area contributed by atoms with Gasteiger partial charge >= 0.3 is 5.97 Å². The van der Waals surface area contributed by atoms with Crippen LogP contribution in [-0.4, -0.2) is 66.2 Å². The molecule has 0 aliphatic heterocycles. The molecule has 1 heterocycles. The second kappa shape index (κ2) is 13.6. The van der Waals surface area contributed by atoms with Crippen LogP contribution in [0.15, 0.2) is 70.3 Å². The van der Waals surface area contributed by atoms with Crippen LogP contribution in [0.1, 0.15) is 30.1 Å². The van der Waals surface area contributed by atoms with Gasteiger partial charge in [-0.25, -0.2) is 4.79 Å². The van der Waals surface area contributed by atoms with E-state index in [1.807, 2.05) is 61.9 Å². The van der Waals surface area contributed by atoms with Gasteiger partial charge in [0.1, 0.15) is 17.1 Å². The Labute approximate surface area is 231 Å². The molecule has 0 saturated carbocycles. The van der Waals surface area contributed by atoms with Crippen LogP contribution < -0.4 is 10.1 Å². The van der Waals surface area contributed by atoms with Gasteiger partial charge in [-0.3, -0.25) is 9.98 Å². The van der Waals surface area contributed by atoms with Gasteiger partial charge in [0.2, 0.25) is 0 Å². The minimum absolute atomic E-state index is 0.0828. The first-order valence-electron chi connectivity index (χ1n) is 12.2. The number of halogens is 1. The number of fused-ring (bicyclic) bond motifs is 2. The number of hydrogen-bond donors (Lipinski definition) is 3. The van der Waals surface area contributed by atoms with E-state index in [0.717, 1.165) is 57.0 Å². The summed E-state index contributed by atoms with van der Waals surface area (Å²) >= 11 is 3.30. The molecule has 0 bridgehead atoms. The van der Waals surface area contributed by atoms with E-state index in [4.69, 9.17) is 9.84 Å². The number of aromatic carboxylic acids is 1.